The molecule has 0 saturated carbocycles. The zero-order valence-electron chi connectivity index (χ0n) is 9.04. The lowest BCUT2D eigenvalue weighted by molar-refractivity contribution is -0.136. The van der Waals surface area contributed by atoms with Crippen molar-refractivity contribution in [1.82, 2.24) is 0 Å². The number of allylic oxidation sites excluding steroid dienone is 2. The van der Waals surface area contributed by atoms with Crippen molar-refractivity contribution < 1.29 is 14.6 Å². The molecule has 0 spiro atoms. The van der Waals surface area contributed by atoms with Crippen LogP contribution in [-0.4, -0.2) is 24.8 Å². The Morgan fingerprint density at radius 3 is 2.50 bits per heavy atom. The first kappa shape index (κ1) is 12.9. The zero-order chi connectivity index (χ0) is 11.0. The van der Waals surface area contributed by atoms with Gasteiger partial charge in [0.05, 0.1) is 13.7 Å². The molecule has 0 aromatic heterocycles. The van der Waals surface area contributed by atoms with Gasteiger partial charge in [-0.3, -0.25) is 0 Å². The molecular weight excluding hydrogens is 180 g/mol. The fraction of sp³-hybridized carbons (Fsp3) is 0.545. The molecule has 0 aromatic rings. The predicted octanol–water partition coefficient (Wildman–Crippen LogP) is 1.82. The van der Waals surface area contributed by atoms with Crippen molar-refractivity contribution in [3.63, 3.8) is 0 Å². The molecule has 0 aliphatic carbocycles. The van der Waals surface area contributed by atoms with Crippen LogP contribution in [0.25, 0.3) is 0 Å². The van der Waals surface area contributed by atoms with E-state index in [9.17, 15) is 4.79 Å². The number of methoxy groups -OCH3 is 1. The third-order valence-corrected chi connectivity index (χ3v) is 1.94. The molecule has 0 aliphatic rings. The van der Waals surface area contributed by atoms with Crippen LogP contribution < -0.4 is 0 Å². The van der Waals surface area contributed by atoms with Gasteiger partial charge in [-0.25, -0.2) is 4.79 Å². The molecule has 3 nitrogen and oxygen atoms in total. The Hall–Kier alpha value is -1.09. The lowest BCUT2D eigenvalue weighted by atomic mass is 10.1. The molecule has 0 atom stereocenters. The van der Waals surface area contributed by atoms with Crippen LogP contribution >= 0.6 is 0 Å². The van der Waals surface area contributed by atoms with Crippen LogP contribution in [0.3, 0.4) is 0 Å². The molecule has 14 heavy (non-hydrogen) atoms. The normalized spacial score (nSPS) is 12.9. The van der Waals surface area contributed by atoms with E-state index in [-0.39, 0.29) is 12.6 Å². The number of carbonyl (C=O) groups excluding carboxylic acids is 1. The van der Waals surface area contributed by atoms with Crippen molar-refractivity contribution in [2.75, 3.05) is 13.7 Å². The lowest BCUT2D eigenvalue weighted by Crippen LogP contribution is -2.01. The Labute approximate surface area is 85.1 Å². The second-order valence-electron chi connectivity index (χ2n) is 3.15. The van der Waals surface area contributed by atoms with Gasteiger partial charge >= 0.3 is 5.97 Å². The summed E-state index contributed by atoms with van der Waals surface area (Å²) in [4.78, 5) is 11.0. The molecule has 0 fully saturated rings. The number of aliphatic hydroxyl groups excluding tert-OH is 1. The van der Waals surface area contributed by atoms with Gasteiger partial charge in [-0.1, -0.05) is 17.7 Å². The summed E-state index contributed by atoms with van der Waals surface area (Å²) < 4.78 is 4.56. The molecule has 0 amide bonds. The minimum absolute atomic E-state index is 0.0749. The van der Waals surface area contributed by atoms with E-state index in [0.29, 0.717) is 5.57 Å². The van der Waals surface area contributed by atoms with Crippen molar-refractivity contribution in [3.05, 3.63) is 23.3 Å². The van der Waals surface area contributed by atoms with Crippen molar-refractivity contribution in [2.24, 2.45) is 0 Å². The van der Waals surface area contributed by atoms with Crippen molar-refractivity contribution >= 4 is 5.97 Å². The van der Waals surface area contributed by atoms with Crippen molar-refractivity contribution in [2.45, 2.75) is 26.7 Å². The van der Waals surface area contributed by atoms with Crippen LogP contribution in [0.15, 0.2) is 23.3 Å². The van der Waals surface area contributed by atoms with Crippen LogP contribution in [0.2, 0.25) is 0 Å². The Balaban J connectivity index is 3.93. The topological polar surface area (TPSA) is 46.5 Å². The minimum Gasteiger partial charge on any atom is -0.466 e. The van der Waals surface area contributed by atoms with Gasteiger partial charge in [0.2, 0.25) is 0 Å². The summed E-state index contributed by atoms with van der Waals surface area (Å²) in [6, 6.07) is 0. The molecule has 0 radical (unpaired) electrons. The van der Waals surface area contributed by atoms with Crippen LogP contribution in [0.4, 0.5) is 0 Å². The number of esters is 1. The smallest absolute Gasteiger partial charge is 0.333 e. The summed E-state index contributed by atoms with van der Waals surface area (Å²) in [5.41, 5.74) is 1.76. The van der Waals surface area contributed by atoms with E-state index in [2.05, 4.69) is 4.74 Å². The monoisotopic (exact) mass is 198 g/mol. The minimum atomic E-state index is -0.284. The zero-order valence-corrected chi connectivity index (χ0v) is 9.04. The predicted molar refractivity (Wildman–Crippen MR) is 55.8 cm³/mol. The van der Waals surface area contributed by atoms with Gasteiger partial charge in [0, 0.05) is 5.57 Å². The quantitative estimate of drug-likeness (QED) is 0.416. The van der Waals surface area contributed by atoms with Crippen molar-refractivity contribution in [3.8, 4) is 0 Å². The number of hydrogen-bond acceptors (Lipinski definition) is 3. The first-order valence-electron chi connectivity index (χ1n) is 4.63. The van der Waals surface area contributed by atoms with Crippen molar-refractivity contribution in [1.29, 1.82) is 0 Å². The Morgan fingerprint density at radius 1 is 1.36 bits per heavy atom. The number of ether oxygens (including phenoxy) is 1. The number of rotatable bonds is 5. The van der Waals surface area contributed by atoms with Gasteiger partial charge < -0.3 is 9.84 Å². The fourth-order valence-corrected chi connectivity index (χ4v) is 1.02. The van der Waals surface area contributed by atoms with E-state index in [1.54, 1.807) is 13.0 Å². The molecule has 3 heteroatoms. The molecular formula is C11H18O3. The van der Waals surface area contributed by atoms with E-state index in [0.717, 1.165) is 18.4 Å². The van der Waals surface area contributed by atoms with E-state index in [1.165, 1.54) is 7.11 Å². The van der Waals surface area contributed by atoms with Gasteiger partial charge in [-0.15, -0.1) is 0 Å². The van der Waals surface area contributed by atoms with Crippen LogP contribution in [-0.2, 0) is 9.53 Å². The second kappa shape index (κ2) is 7.33. The molecule has 0 rings (SSSR count). The third-order valence-electron chi connectivity index (χ3n) is 1.94. The van der Waals surface area contributed by atoms with Gasteiger partial charge in [0.25, 0.3) is 0 Å². The highest BCUT2D eigenvalue weighted by Gasteiger charge is 2.01. The average Bonchev–Trinajstić information content (AvgIpc) is 2.16. The summed E-state index contributed by atoms with van der Waals surface area (Å²) in [5.74, 6) is -0.284. The average molecular weight is 198 g/mol. The summed E-state index contributed by atoms with van der Waals surface area (Å²) in [6.07, 6.45) is 5.26. The number of aliphatic hydroxyl groups is 1. The maximum Gasteiger partial charge on any atom is 0.333 e. The fourth-order valence-electron chi connectivity index (χ4n) is 1.02. The molecule has 0 aliphatic heterocycles. The molecule has 80 valence electrons. The summed E-state index contributed by atoms with van der Waals surface area (Å²) in [7, 11) is 1.37. The van der Waals surface area contributed by atoms with Crippen LogP contribution in [0.5, 0.6) is 0 Å². The molecule has 0 bridgehead atoms. The third kappa shape index (κ3) is 5.54. The van der Waals surface area contributed by atoms with Crippen LogP contribution in [0, 0.1) is 0 Å². The van der Waals surface area contributed by atoms with Gasteiger partial charge in [0.15, 0.2) is 0 Å². The van der Waals surface area contributed by atoms with E-state index >= 15 is 0 Å². The molecule has 0 saturated heterocycles. The maximum atomic E-state index is 11.0. The van der Waals surface area contributed by atoms with Crippen LogP contribution in [0.1, 0.15) is 26.7 Å². The lowest BCUT2D eigenvalue weighted by Gasteiger charge is -1.99. The summed E-state index contributed by atoms with van der Waals surface area (Å²) >= 11 is 0. The molecule has 1 N–H and O–H groups in total. The Bertz CT molecular complexity index is 239. The van der Waals surface area contributed by atoms with Gasteiger partial charge in [-0.05, 0) is 26.7 Å². The molecule has 0 aromatic carbocycles. The second-order valence-corrected chi connectivity index (χ2v) is 3.15. The van der Waals surface area contributed by atoms with E-state index in [1.807, 2.05) is 13.0 Å². The first-order valence-corrected chi connectivity index (χ1v) is 4.63. The highest BCUT2D eigenvalue weighted by molar-refractivity contribution is 5.87. The largest absolute Gasteiger partial charge is 0.466 e. The number of hydrogen-bond donors (Lipinski definition) is 1. The molecule has 0 heterocycles. The number of carbonyl (C=O) groups is 1. The van der Waals surface area contributed by atoms with E-state index < -0.39 is 0 Å². The van der Waals surface area contributed by atoms with Gasteiger partial charge in [-0.2, -0.15) is 0 Å². The first-order chi connectivity index (χ1) is 6.61. The standard InChI is InChI=1S/C11H18O3/c1-9(7-8-12)5-4-6-10(2)11(13)14-3/h6-7,12H,4-5,8H2,1-3H3. The van der Waals surface area contributed by atoms with Gasteiger partial charge in [0.1, 0.15) is 0 Å². The highest BCUT2D eigenvalue weighted by Crippen LogP contribution is 2.06. The highest BCUT2D eigenvalue weighted by atomic mass is 16.5. The SMILES string of the molecule is COC(=O)C(C)=CCCC(C)=CCO. The Kier molecular flexibility index (Phi) is 6.76. The molecule has 0 unspecified atom stereocenters. The van der Waals surface area contributed by atoms with E-state index in [4.69, 9.17) is 5.11 Å². The summed E-state index contributed by atoms with van der Waals surface area (Å²) in [6.45, 7) is 3.76. The summed E-state index contributed by atoms with van der Waals surface area (Å²) in [5, 5.41) is 8.61. The maximum absolute atomic E-state index is 11.0. The Morgan fingerprint density at radius 2 is 2.00 bits per heavy atom.